The van der Waals surface area contributed by atoms with Crippen molar-refractivity contribution in [1.29, 1.82) is 0 Å². The maximum atomic E-state index is 10.7. The lowest BCUT2D eigenvalue weighted by Crippen LogP contribution is -2.48. The first kappa shape index (κ1) is 9.93. The summed E-state index contributed by atoms with van der Waals surface area (Å²) in [6.07, 6.45) is 5.33. The third-order valence-corrected chi connectivity index (χ3v) is 3.20. The first-order chi connectivity index (χ1) is 6.68. The van der Waals surface area contributed by atoms with E-state index in [-0.39, 0.29) is 0 Å². The van der Waals surface area contributed by atoms with E-state index in [0.29, 0.717) is 12.6 Å². The molecule has 0 radical (unpaired) electrons. The van der Waals surface area contributed by atoms with Crippen LogP contribution >= 0.6 is 0 Å². The van der Waals surface area contributed by atoms with Crippen LogP contribution in [0.4, 0.5) is 0 Å². The Morgan fingerprint density at radius 1 is 1.29 bits per heavy atom. The second kappa shape index (κ2) is 3.87. The Hall–Kier alpha value is -0.610. The van der Waals surface area contributed by atoms with E-state index < -0.39 is 11.9 Å². The van der Waals surface area contributed by atoms with Crippen LogP contribution in [0.2, 0.25) is 0 Å². The topological polar surface area (TPSA) is 81.1 Å². The van der Waals surface area contributed by atoms with Gasteiger partial charge in [-0.25, -0.2) is 0 Å². The van der Waals surface area contributed by atoms with Gasteiger partial charge >= 0.3 is 0 Å². The molecule has 4 nitrogen and oxygen atoms in total. The normalized spacial score (nSPS) is 23.9. The van der Waals surface area contributed by atoms with Crippen molar-refractivity contribution < 1.29 is 4.79 Å². The number of hydrogen-bond acceptors (Lipinski definition) is 3. The summed E-state index contributed by atoms with van der Waals surface area (Å²) < 4.78 is 0. The number of carbonyl (C=O) groups is 1. The van der Waals surface area contributed by atoms with Crippen molar-refractivity contribution in [2.24, 2.45) is 23.3 Å². The number of nitrogens with one attached hydrogen (secondary N) is 1. The summed E-state index contributed by atoms with van der Waals surface area (Å²) in [6.45, 7) is 0.535. The number of carbonyl (C=O) groups excluding carboxylic acids is 1. The van der Waals surface area contributed by atoms with Gasteiger partial charge in [-0.3, -0.25) is 4.79 Å². The summed E-state index contributed by atoms with van der Waals surface area (Å²) in [5.41, 5.74) is 10.7. The summed E-state index contributed by atoms with van der Waals surface area (Å²) in [7, 11) is 0. The van der Waals surface area contributed by atoms with Crippen molar-refractivity contribution in [3.05, 3.63) is 0 Å². The molecule has 0 aromatic rings. The summed E-state index contributed by atoms with van der Waals surface area (Å²) >= 11 is 0. The summed E-state index contributed by atoms with van der Waals surface area (Å²) in [5.74, 6) is 1.26. The van der Waals surface area contributed by atoms with Crippen LogP contribution in [0.3, 0.4) is 0 Å². The van der Waals surface area contributed by atoms with E-state index in [2.05, 4.69) is 5.32 Å². The highest BCUT2D eigenvalue weighted by Crippen LogP contribution is 2.44. The van der Waals surface area contributed by atoms with Gasteiger partial charge in [-0.2, -0.15) is 0 Å². The van der Waals surface area contributed by atoms with Crippen LogP contribution < -0.4 is 16.8 Å². The third-order valence-electron chi connectivity index (χ3n) is 3.20. The van der Waals surface area contributed by atoms with E-state index in [0.717, 1.165) is 11.8 Å². The number of rotatable bonds is 6. The van der Waals surface area contributed by atoms with E-state index in [1.54, 1.807) is 0 Å². The van der Waals surface area contributed by atoms with Gasteiger partial charge in [0.1, 0.15) is 0 Å². The smallest absolute Gasteiger partial charge is 0.235 e. The van der Waals surface area contributed by atoms with Crippen LogP contribution in [-0.2, 0) is 4.79 Å². The fourth-order valence-electron chi connectivity index (χ4n) is 1.99. The Labute approximate surface area is 84.4 Å². The van der Waals surface area contributed by atoms with Gasteiger partial charge in [0, 0.05) is 12.6 Å². The maximum Gasteiger partial charge on any atom is 0.235 e. The van der Waals surface area contributed by atoms with Gasteiger partial charge < -0.3 is 16.8 Å². The van der Waals surface area contributed by atoms with Gasteiger partial charge in [0.2, 0.25) is 5.91 Å². The van der Waals surface area contributed by atoms with Crippen molar-refractivity contribution in [3.8, 4) is 0 Å². The average Bonchev–Trinajstić information content (AvgIpc) is 2.99. The van der Waals surface area contributed by atoms with Crippen molar-refractivity contribution >= 4 is 5.91 Å². The van der Waals surface area contributed by atoms with Crippen molar-refractivity contribution in [2.45, 2.75) is 37.8 Å². The Morgan fingerprint density at radius 2 is 1.79 bits per heavy atom. The van der Waals surface area contributed by atoms with Gasteiger partial charge in [-0.15, -0.1) is 0 Å². The van der Waals surface area contributed by atoms with E-state index in [4.69, 9.17) is 11.5 Å². The molecule has 2 fully saturated rings. The molecule has 2 saturated carbocycles. The fraction of sp³-hybridized carbons (Fsp3) is 0.900. The molecular formula is C10H19N3O. The number of primary amides is 1. The molecule has 2 rings (SSSR count). The molecule has 2 aliphatic carbocycles. The predicted molar refractivity (Wildman–Crippen MR) is 54.4 cm³/mol. The molecule has 0 aromatic carbocycles. The monoisotopic (exact) mass is 197 g/mol. The van der Waals surface area contributed by atoms with E-state index in [1.807, 2.05) is 0 Å². The number of hydrogen-bond donors (Lipinski definition) is 3. The molecule has 4 heteroatoms. The first-order valence-corrected chi connectivity index (χ1v) is 5.46. The van der Waals surface area contributed by atoms with Crippen LogP contribution in [0.25, 0.3) is 0 Å². The van der Waals surface area contributed by atoms with Gasteiger partial charge in [-0.05, 0) is 37.5 Å². The van der Waals surface area contributed by atoms with E-state index >= 15 is 0 Å². The van der Waals surface area contributed by atoms with Crippen molar-refractivity contribution in [3.63, 3.8) is 0 Å². The zero-order valence-corrected chi connectivity index (χ0v) is 8.41. The molecule has 1 atom stereocenters. The molecule has 0 aliphatic heterocycles. The van der Waals surface area contributed by atoms with Crippen molar-refractivity contribution in [2.75, 3.05) is 6.54 Å². The zero-order valence-electron chi connectivity index (χ0n) is 8.41. The molecule has 0 spiro atoms. The SMILES string of the molecule is NC(=O)C(N)CNC(C1CC1)C1CC1. The average molecular weight is 197 g/mol. The van der Waals surface area contributed by atoms with Crippen LogP contribution in [0.15, 0.2) is 0 Å². The largest absolute Gasteiger partial charge is 0.368 e. The van der Waals surface area contributed by atoms with Crippen LogP contribution in [0.5, 0.6) is 0 Å². The van der Waals surface area contributed by atoms with E-state index in [1.165, 1.54) is 25.7 Å². The van der Waals surface area contributed by atoms with Gasteiger partial charge in [0.05, 0.1) is 6.04 Å². The molecule has 0 bridgehead atoms. The molecule has 1 amide bonds. The summed E-state index contributed by atoms with van der Waals surface area (Å²) in [5, 5.41) is 3.40. The Kier molecular flexibility index (Phi) is 2.74. The molecule has 2 aliphatic rings. The lowest BCUT2D eigenvalue weighted by Gasteiger charge is -2.19. The summed E-state index contributed by atoms with van der Waals surface area (Å²) in [6, 6.07) is 0.0652. The number of nitrogens with two attached hydrogens (primary N) is 2. The Bertz CT molecular complexity index is 211. The zero-order chi connectivity index (χ0) is 10.1. The molecular weight excluding hydrogens is 178 g/mol. The van der Waals surface area contributed by atoms with Gasteiger partial charge in [0.15, 0.2) is 0 Å². The van der Waals surface area contributed by atoms with Crippen LogP contribution in [0.1, 0.15) is 25.7 Å². The predicted octanol–water partition coefficient (Wildman–Crippen LogP) is -0.423. The quantitative estimate of drug-likeness (QED) is 0.541. The second-order valence-corrected chi connectivity index (χ2v) is 4.62. The minimum Gasteiger partial charge on any atom is -0.368 e. The fourth-order valence-corrected chi connectivity index (χ4v) is 1.99. The van der Waals surface area contributed by atoms with Gasteiger partial charge in [-0.1, -0.05) is 0 Å². The Balaban J connectivity index is 1.73. The molecule has 80 valence electrons. The van der Waals surface area contributed by atoms with Crippen LogP contribution in [0, 0.1) is 11.8 Å². The highest BCUT2D eigenvalue weighted by Gasteiger charge is 2.41. The number of amides is 1. The highest BCUT2D eigenvalue weighted by atomic mass is 16.1. The molecule has 14 heavy (non-hydrogen) atoms. The third kappa shape index (κ3) is 2.45. The van der Waals surface area contributed by atoms with Crippen molar-refractivity contribution in [1.82, 2.24) is 5.32 Å². The lowest BCUT2D eigenvalue weighted by molar-refractivity contribution is -0.119. The first-order valence-electron chi connectivity index (χ1n) is 5.46. The van der Waals surface area contributed by atoms with E-state index in [9.17, 15) is 4.79 Å². The maximum absolute atomic E-state index is 10.7. The van der Waals surface area contributed by atoms with Crippen LogP contribution in [-0.4, -0.2) is 24.5 Å². The minimum absolute atomic E-state index is 0.414. The standard InChI is InChI=1S/C10H19N3O/c11-8(10(12)14)5-13-9(6-1-2-6)7-3-4-7/h6-9,13H,1-5,11H2,(H2,12,14). The minimum atomic E-state index is -0.532. The second-order valence-electron chi connectivity index (χ2n) is 4.62. The summed E-state index contributed by atoms with van der Waals surface area (Å²) in [4.78, 5) is 10.7. The van der Waals surface area contributed by atoms with Gasteiger partial charge in [0.25, 0.3) is 0 Å². The molecule has 0 aromatic heterocycles. The molecule has 0 heterocycles. The highest BCUT2D eigenvalue weighted by molar-refractivity contribution is 5.79. The Morgan fingerprint density at radius 3 is 2.14 bits per heavy atom. The molecule has 1 unspecified atom stereocenters. The lowest BCUT2D eigenvalue weighted by atomic mass is 10.1. The molecule has 0 saturated heterocycles. The molecule has 5 N–H and O–H groups in total.